The molecule has 0 N–H and O–H groups in total. The summed E-state index contributed by atoms with van der Waals surface area (Å²) in [6.45, 7) is 0. The molecule has 1 aromatic carbocycles. The van der Waals surface area contributed by atoms with E-state index in [1.54, 1.807) is 29.2 Å². The average molecular weight is 321 g/mol. The number of aromatic nitrogens is 5. The van der Waals surface area contributed by atoms with Gasteiger partial charge in [-0.05, 0) is 30.3 Å². The summed E-state index contributed by atoms with van der Waals surface area (Å²) in [7, 11) is 0. The van der Waals surface area contributed by atoms with Crippen LogP contribution in [0.1, 0.15) is 5.69 Å². The molecule has 0 saturated carbocycles. The predicted octanol–water partition coefficient (Wildman–Crippen LogP) is 3.13. The molecule has 3 aromatic heterocycles. The number of benzene rings is 1. The number of halogens is 1. The van der Waals surface area contributed by atoms with E-state index in [1.165, 1.54) is 0 Å². The van der Waals surface area contributed by atoms with Crippen molar-refractivity contribution in [3.8, 4) is 17.4 Å². The fraction of sp³-hybridized carbons (Fsp3) is 0. The molecule has 0 fully saturated rings. The molecule has 0 unspecified atom stereocenters. The lowest BCUT2D eigenvalue weighted by Gasteiger charge is -2.07. The first-order valence-corrected chi connectivity index (χ1v) is 7.18. The van der Waals surface area contributed by atoms with Crippen molar-refractivity contribution in [1.82, 2.24) is 24.5 Å². The molecular weight excluding hydrogens is 312 g/mol. The molecule has 4 rings (SSSR count). The van der Waals surface area contributed by atoms with Crippen molar-refractivity contribution < 1.29 is 0 Å². The lowest BCUT2D eigenvalue weighted by atomic mass is 10.2. The highest BCUT2D eigenvalue weighted by molar-refractivity contribution is 6.29. The van der Waals surface area contributed by atoms with Crippen LogP contribution in [-0.4, -0.2) is 24.5 Å². The van der Waals surface area contributed by atoms with E-state index < -0.39 is 0 Å². The lowest BCUT2D eigenvalue weighted by molar-refractivity contribution is 0.884. The Hall–Kier alpha value is -3.17. The van der Waals surface area contributed by atoms with Gasteiger partial charge in [-0.3, -0.25) is 0 Å². The molecular formula is C16H9ClN6. The summed E-state index contributed by atoms with van der Waals surface area (Å²) in [5.74, 6) is 0. The Morgan fingerprint density at radius 2 is 2.00 bits per heavy atom. The van der Waals surface area contributed by atoms with Gasteiger partial charge in [0.05, 0.1) is 23.6 Å². The van der Waals surface area contributed by atoms with Crippen LogP contribution in [0.5, 0.6) is 0 Å². The summed E-state index contributed by atoms with van der Waals surface area (Å²) in [5, 5.41) is 22.5. The molecule has 3 heterocycles. The van der Waals surface area contributed by atoms with Crippen LogP contribution in [0.3, 0.4) is 0 Å². The first-order chi connectivity index (χ1) is 11.3. The molecule has 0 spiro atoms. The van der Waals surface area contributed by atoms with Crippen molar-refractivity contribution in [3.63, 3.8) is 0 Å². The monoisotopic (exact) mass is 320 g/mol. The average Bonchev–Trinajstić information content (AvgIpc) is 3.20. The molecule has 0 aliphatic carbocycles. The minimum Gasteiger partial charge on any atom is -0.308 e. The fourth-order valence-electron chi connectivity index (χ4n) is 2.51. The Morgan fingerprint density at radius 3 is 2.83 bits per heavy atom. The van der Waals surface area contributed by atoms with Crippen LogP contribution < -0.4 is 0 Å². The van der Waals surface area contributed by atoms with Crippen molar-refractivity contribution in [1.29, 1.82) is 5.26 Å². The molecule has 7 heteroatoms. The lowest BCUT2D eigenvalue weighted by Crippen LogP contribution is -1.99. The Morgan fingerprint density at radius 1 is 1.09 bits per heavy atom. The van der Waals surface area contributed by atoms with Crippen LogP contribution in [0, 0.1) is 11.3 Å². The van der Waals surface area contributed by atoms with Gasteiger partial charge in [-0.25, -0.2) is 4.68 Å². The summed E-state index contributed by atoms with van der Waals surface area (Å²) in [5.41, 5.74) is 3.08. The van der Waals surface area contributed by atoms with Gasteiger partial charge in [0, 0.05) is 23.3 Å². The van der Waals surface area contributed by atoms with E-state index in [0.717, 1.165) is 22.3 Å². The van der Waals surface area contributed by atoms with Crippen molar-refractivity contribution in [2.45, 2.75) is 0 Å². The molecule has 0 radical (unpaired) electrons. The molecule has 0 saturated heterocycles. The second kappa shape index (κ2) is 5.23. The van der Waals surface area contributed by atoms with Crippen LogP contribution in [-0.2, 0) is 0 Å². The van der Waals surface area contributed by atoms with Crippen LogP contribution in [0.4, 0.5) is 0 Å². The van der Waals surface area contributed by atoms with Crippen LogP contribution in [0.2, 0.25) is 5.15 Å². The van der Waals surface area contributed by atoms with E-state index in [2.05, 4.69) is 21.4 Å². The van der Waals surface area contributed by atoms with Gasteiger partial charge in [-0.1, -0.05) is 11.6 Å². The number of nitriles is 1. The molecule has 23 heavy (non-hydrogen) atoms. The number of fused-ring (bicyclic) bond motifs is 1. The largest absolute Gasteiger partial charge is 0.308 e. The van der Waals surface area contributed by atoms with Gasteiger partial charge in [0.1, 0.15) is 11.8 Å². The van der Waals surface area contributed by atoms with Gasteiger partial charge < -0.3 is 4.57 Å². The van der Waals surface area contributed by atoms with Gasteiger partial charge in [0.2, 0.25) is 0 Å². The Kier molecular flexibility index (Phi) is 3.07. The van der Waals surface area contributed by atoms with Crippen molar-refractivity contribution in [2.24, 2.45) is 0 Å². The van der Waals surface area contributed by atoms with Gasteiger partial charge in [-0.15, -0.1) is 5.10 Å². The summed E-state index contributed by atoms with van der Waals surface area (Å²) in [6, 6.07) is 13.4. The van der Waals surface area contributed by atoms with Crippen molar-refractivity contribution >= 4 is 22.5 Å². The number of nitrogens with zero attached hydrogens (tertiary/aromatic N) is 6. The van der Waals surface area contributed by atoms with Gasteiger partial charge in [0.15, 0.2) is 5.15 Å². The van der Waals surface area contributed by atoms with E-state index in [9.17, 15) is 5.26 Å². The third kappa shape index (κ3) is 2.24. The zero-order valence-corrected chi connectivity index (χ0v) is 12.5. The molecule has 4 aromatic rings. The molecule has 0 bridgehead atoms. The number of hydrogen-bond acceptors (Lipinski definition) is 4. The molecule has 0 atom stereocenters. The van der Waals surface area contributed by atoms with E-state index in [-0.39, 0.29) is 0 Å². The Balaban J connectivity index is 1.92. The molecule has 0 amide bonds. The SMILES string of the molecule is N#Cc1cccn1-c1ccc2cnn(-c3cnnc(Cl)c3)c2c1. The third-order valence-corrected chi connectivity index (χ3v) is 3.74. The summed E-state index contributed by atoms with van der Waals surface area (Å²) in [4.78, 5) is 0. The summed E-state index contributed by atoms with van der Waals surface area (Å²) >= 11 is 5.91. The molecule has 0 aliphatic heterocycles. The van der Waals surface area contributed by atoms with E-state index in [4.69, 9.17) is 11.6 Å². The quantitative estimate of drug-likeness (QED) is 0.569. The fourth-order valence-corrected chi connectivity index (χ4v) is 2.66. The maximum atomic E-state index is 9.19. The predicted molar refractivity (Wildman–Crippen MR) is 85.7 cm³/mol. The third-order valence-electron chi connectivity index (χ3n) is 3.55. The second-order valence-corrected chi connectivity index (χ2v) is 5.30. The second-order valence-electron chi connectivity index (χ2n) is 4.91. The zero-order valence-electron chi connectivity index (χ0n) is 11.8. The number of hydrogen-bond donors (Lipinski definition) is 0. The Bertz CT molecular complexity index is 1060. The van der Waals surface area contributed by atoms with E-state index in [1.807, 2.05) is 35.0 Å². The Labute approximate surface area is 136 Å². The zero-order chi connectivity index (χ0) is 15.8. The van der Waals surface area contributed by atoms with Crippen LogP contribution in [0.25, 0.3) is 22.3 Å². The molecule has 110 valence electrons. The highest BCUT2D eigenvalue weighted by atomic mass is 35.5. The number of rotatable bonds is 2. The first kappa shape index (κ1) is 13.5. The first-order valence-electron chi connectivity index (χ1n) is 6.80. The summed E-state index contributed by atoms with van der Waals surface area (Å²) < 4.78 is 3.57. The molecule has 0 aliphatic rings. The van der Waals surface area contributed by atoms with Gasteiger partial charge in [-0.2, -0.15) is 15.5 Å². The topological polar surface area (TPSA) is 72.3 Å². The maximum Gasteiger partial charge on any atom is 0.153 e. The molecule has 6 nitrogen and oxygen atoms in total. The standard InChI is InChI=1S/C16H9ClN6/c17-16-7-14(10-19-21-16)23-15-6-12(4-3-11(15)9-20-23)22-5-1-2-13(22)8-18/h1-7,9-10H. The van der Waals surface area contributed by atoms with Gasteiger partial charge >= 0.3 is 0 Å². The minimum absolute atomic E-state index is 0.305. The normalized spacial score (nSPS) is 10.8. The van der Waals surface area contributed by atoms with Crippen LogP contribution in [0.15, 0.2) is 55.0 Å². The smallest absolute Gasteiger partial charge is 0.153 e. The van der Waals surface area contributed by atoms with E-state index >= 15 is 0 Å². The maximum absolute atomic E-state index is 9.19. The summed E-state index contributed by atoms with van der Waals surface area (Å²) in [6.07, 6.45) is 5.22. The van der Waals surface area contributed by atoms with Crippen molar-refractivity contribution in [3.05, 3.63) is 65.8 Å². The highest BCUT2D eigenvalue weighted by Gasteiger charge is 2.09. The highest BCUT2D eigenvalue weighted by Crippen LogP contribution is 2.23. The minimum atomic E-state index is 0.305. The van der Waals surface area contributed by atoms with Gasteiger partial charge in [0.25, 0.3) is 0 Å². The van der Waals surface area contributed by atoms with E-state index in [0.29, 0.717) is 10.8 Å². The van der Waals surface area contributed by atoms with Crippen molar-refractivity contribution in [2.75, 3.05) is 0 Å². The van der Waals surface area contributed by atoms with Crippen LogP contribution >= 0.6 is 11.6 Å².